The highest BCUT2D eigenvalue weighted by atomic mass is 16.5. The summed E-state index contributed by atoms with van der Waals surface area (Å²) in [6.07, 6.45) is 1.26. The molecule has 6 nitrogen and oxygen atoms in total. The molecule has 5 rings (SSSR count). The van der Waals surface area contributed by atoms with Crippen molar-refractivity contribution in [3.8, 4) is 5.75 Å². The van der Waals surface area contributed by atoms with Gasteiger partial charge in [-0.15, -0.1) is 0 Å². The summed E-state index contributed by atoms with van der Waals surface area (Å²) in [7, 11) is 1.72. The van der Waals surface area contributed by atoms with Crippen molar-refractivity contribution in [2.24, 2.45) is 5.92 Å². The maximum Gasteiger partial charge on any atom is 0.237 e. The minimum absolute atomic E-state index is 0.0319. The molecule has 2 aliphatic rings. The van der Waals surface area contributed by atoms with E-state index < -0.39 is 5.60 Å². The lowest BCUT2D eigenvalue weighted by molar-refractivity contribution is -0.145. The molecule has 212 valence electrons. The minimum atomic E-state index is -0.821. The van der Waals surface area contributed by atoms with Crippen LogP contribution in [0, 0.1) is 5.92 Å². The summed E-state index contributed by atoms with van der Waals surface area (Å²) in [4.78, 5) is 21.0. The van der Waals surface area contributed by atoms with Crippen LogP contribution < -0.4 is 4.74 Å². The van der Waals surface area contributed by atoms with Crippen LogP contribution in [0.15, 0.2) is 84.9 Å². The summed E-state index contributed by atoms with van der Waals surface area (Å²) in [6.45, 7) is 8.59. The number of nitrogens with zero attached hydrogens (tertiary/aromatic N) is 3. The summed E-state index contributed by atoms with van der Waals surface area (Å²) in [5.74, 6) is 1.38. The number of aliphatic hydroxyl groups is 1. The third-order valence-corrected chi connectivity index (χ3v) is 8.75. The molecular formula is C34H43N3O3. The van der Waals surface area contributed by atoms with Crippen molar-refractivity contribution in [1.29, 1.82) is 0 Å². The molecule has 1 N–H and O–H groups in total. The Hall–Kier alpha value is -3.19. The molecule has 0 radical (unpaired) electrons. The molecule has 6 heteroatoms. The van der Waals surface area contributed by atoms with Gasteiger partial charge in [0.05, 0.1) is 25.3 Å². The number of carbonyl (C=O) groups is 1. The second-order valence-electron chi connectivity index (χ2n) is 11.7. The van der Waals surface area contributed by atoms with Crippen molar-refractivity contribution in [3.63, 3.8) is 0 Å². The number of likely N-dealkylation sites (tertiary alicyclic amines) is 1. The number of benzene rings is 3. The van der Waals surface area contributed by atoms with Crippen molar-refractivity contribution in [2.75, 3.05) is 39.8 Å². The first-order chi connectivity index (χ1) is 19.4. The molecule has 1 amide bonds. The van der Waals surface area contributed by atoms with E-state index in [1.807, 2.05) is 48.5 Å². The molecule has 40 heavy (non-hydrogen) atoms. The number of hydrogen-bond acceptors (Lipinski definition) is 5. The lowest BCUT2D eigenvalue weighted by atomic mass is 9.84. The monoisotopic (exact) mass is 541 g/mol. The Morgan fingerprint density at radius 3 is 2.17 bits per heavy atom. The van der Waals surface area contributed by atoms with Gasteiger partial charge in [-0.3, -0.25) is 14.6 Å². The van der Waals surface area contributed by atoms with Crippen LogP contribution in [-0.4, -0.2) is 71.6 Å². The molecule has 0 spiro atoms. The Balaban J connectivity index is 1.34. The van der Waals surface area contributed by atoms with E-state index in [1.165, 1.54) is 11.1 Å². The number of amides is 1. The molecule has 0 saturated carbocycles. The zero-order valence-electron chi connectivity index (χ0n) is 24.1. The van der Waals surface area contributed by atoms with Gasteiger partial charge in [0.15, 0.2) is 0 Å². The molecule has 2 atom stereocenters. The molecule has 3 aromatic rings. The maximum atomic E-state index is 14.1. The predicted molar refractivity (Wildman–Crippen MR) is 159 cm³/mol. The van der Waals surface area contributed by atoms with E-state index in [-0.39, 0.29) is 18.0 Å². The second-order valence-corrected chi connectivity index (χ2v) is 11.7. The summed E-state index contributed by atoms with van der Waals surface area (Å²) < 4.78 is 5.64. The molecular weight excluding hydrogens is 498 g/mol. The van der Waals surface area contributed by atoms with Crippen LogP contribution in [0.3, 0.4) is 0 Å². The first kappa shape index (κ1) is 28.3. The number of piperazine rings is 1. The first-order valence-electron chi connectivity index (χ1n) is 14.6. The van der Waals surface area contributed by atoms with E-state index >= 15 is 0 Å². The van der Waals surface area contributed by atoms with Gasteiger partial charge in [-0.25, -0.2) is 0 Å². The summed E-state index contributed by atoms with van der Waals surface area (Å²) in [5.41, 5.74) is 2.48. The van der Waals surface area contributed by atoms with Gasteiger partial charge < -0.3 is 14.7 Å². The molecule has 3 aromatic carbocycles. The first-order valence-corrected chi connectivity index (χ1v) is 14.6. The summed E-state index contributed by atoms with van der Waals surface area (Å²) >= 11 is 0. The number of methoxy groups -OCH3 is 1. The third-order valence-electron chi connectivity index (χ3n) is 8.75. The largest absolute Gasteiger partial charge is 0.496 e. The summed E-state index contributed by atoms with van der Waals surface area (Å²) in [6, 6.07) is 28.7. The molecule has 2 heterocycles. The van der Waals surface area contributed by atoms with Crippen LogP contribution in [0.1, 0.15) is 49.4 Å². The van der Waals surface area contributed by atoms with Gasteiger partial charge in [0, 0.05) is 44.3 Å². The fraction of sp³-hybridized carbons (Fsp3) is 0.441. The highest BCUT2D eigenvalue weighted by molar-refractivity contribution is 5.79. The van der Waals surface area contributed by atoms with Crippen molar-refractivity contribution in [1.82, 2.24) is 14.7 Å². The quantitative estimate of drug-likeness (QED) is 0.431. The molecule has 2 saturated heterocycles. The van der Waals surface area contributed by atoms with Gasteiger partial charge in [-0.1, -0.05) is 92.7 Å². The number of para-hydroxylation sites is 1. The Labute approximate surface area is 239 Å². The minimum Gasteiger partial charge on any atom is -0.496 e. The normalized spacial score (nSPS) is 21.9. The van der Waals surface area contributed by atoms with Gasteiger partial charge in [0.25, 0.3) is 0 Å². The summed E-state index contributed by atoms with van der Waals surface area (Å²) in [5, 5.41) is 11.3. The molecule has 0 bridgehead atoms. The zero-order valence-corrected chi connectivity index (χ0v) is 24.1. The molecule has 2 aliphatic heterocycles. The Kier molecular flexibility index (Phi) is 8.89. The van der Waals surface area contributed by atoms with Gasteiger partial charge in [-0.2, -0.15) is 0 Å². The highest BCUT2D eigenvalue weighted by Gasteiger charge is 2.41. The second kappa shape index (κ2) is 12.5. The van der Waals surface area contributed by atoms with E-state index in [2.05, 4.69) is 64.9 Å². The Morgan fingerprint density at radius 2 is 1.52 bits per heavy atom. The maximum absolute atomic E-state index is 14.1. The van der Waals surface area contributed by atoms with Crippen LogP contribution >= 0.6 is 0 Å². The number of hydrogen-bond donors (Lipinski definition) is 1. The van der Waals surface area contributed by atoms with E-state index in [0.29, 0.717) is 38.4 Å². The number of carbonyl (C=O) groups excluding carboxylic acids is 1. The third kappa shape index (κ3) is 6.25. The predicted octanol–water partition coefficient (Wildman–Crippen LogP) is 5.09. The number of ether oxygens (including phenoxy) is 1. The van der Waals surface area contributed by atoms with Crippen LogP contribution in [-0.2, 0) is 16.9 Å². The van der Waals surface area contributed by atoms with Crippen LogP contribution in [0.5, 0.6) is 5.75 Å². The van der Waals surface area contributed by atoms with E-state index in [0.717, 1.165) is 30.9 Å². The van der Waals surface area contributed by atoms with Crippen molar-refractivity contribution in [2.45, 2.75) is 50.9 Å². The SMILES string of the molecule is COc1ccccc1CN1CC(c2ccccc2)N(C(=O)CN2CCC(O)(c3ccccc3)CC2)C(C(C)C)C1. The lowest BCUT2D eigenvalue weighted by Gasteiger charge is -2.49. The number of rotatable bonds is 8. The van der Waals surface area contributed by atoms with E-state index in [9.17, 15) is 9.90 Å². The molecule has 2 fully saturated rings. The van der Waals surface area contributed by atoms with Crippen molar-refractivity contribution < 1.29 is 14.6 Å². The van der Waals surface area contributed by atoms with Crippen LogP contribution in [0.4, 0.5) is 0 Å². The molecule has 0 aliphatic carbocycles. The Bertz CT molecular complexity index is 1240. The fourth-order valence-corrected chi connectivity index (χ4v) is 6.42. The number of piperidine rings is 1. The molecule has 2 unspecified atom stereocenters. The van der Waals surface area contributed by atoms with E-state index in [1.54, 1.807) is 7.11 Å². The van der Waals surface area contributed by atoms with Gasteiger partial charge >= 0.3 is 0 Å². The zero-order chi connectivity index (χ0) is 28.1. The lowest BCUT2D eigenvalue weighted by Crippen LogP contribution is -2.60. The van der Waals surface area contributed by atoms with E-state index in [4.69, 9.17) is 4.74 Å². The Morgan fingerprint density at radius 1 is 0.900 bits per heavy atom. The fourth-order valence-electron chi connectivity index (χ4n) is 6.42. The van der Waals surface area contributed by atoms with Gasteiger partial charge in [0.1, 0.15) is 5.75 Å². The van der Waals surface area contributed by atoms with Gasteiger partial charge in [-0.05, 0) is 36.0 Å². The smallest absolute Gasteiger partial charge is 0.237 e. The topological polar surface area (TPSA) is 56.2 Å². The van der Waals surface area contributed by atoms with Crippen LogP contribution in [0.25, 0.3) is 0 Å². The average molecular weight is 542 g/mol. The van der Waals surface area contributed by atoms with Crippen LogP contribution in [0.2, 0.25) is 0 Å². The van der Waals surface area contributed by atoms with Gasteiger partial charge in [0.2, 0.25) is 5.91 Å². The standard InChI is InChI=1S/C34H43N3O3/c1-26(2)30-23-36(22-28-14-10-11-17-32(28)40-3)24-31(27-12-6-4-7-13-27)37(30)33(38)25-35-20-18-34(39,19-21-35)29-15-8-5-9-16-29/h4-17,26,30-31,39H,18-25H2,1-3H3. The van der Waals surface area contributed by atoms with Crippen molar-refractivity contribution in [3.05, 3.63) is 102 Å². The highest BCUT2D eigenvalue weighted by Crippen LogP contribution is 2.35. The average Bonchev–Trinajstić information content (AvgIpc) is 2.99. The van der Waals surface area contributed by atoms with Crippen molar-refractivity contribution >= 4 is 5.91 Å². The molecule has 0 aromatic heterocycles.